The summed E-state index contributed by atoms with van der Waals surface area (Å²) in [4.78, 5) is 23.4. The van der Waals surface area contributed by atoms with Crippen molar-refractivity contribution < 1.29 is 24.2 Å². The number of aryl methyl sites for hydroxylation is 2. The minimum atomic E-state index is -1.03. The fourth-order valence-corrected chi connectivity index (χ4v) is 3.41. The lowest BCUT2D eigenvalue weighted by atomic mass is 9.94. The number of carbonyl (C=O) groups excluding carboxylic acids is 1. The molecule has 0 amide bonds. The molecular formula is C23H26O5. The third-order valence-electron chi connectivity index (χ3n) is 5.27. The molecule has 148 valence electrons. The van der Waals surface area contributed by atoms with Crippen molar-refractivity contribution in [2.24, 2.45) is 5.41 Å². The summed E-state index contributed by atoms with van der Waals surface area (Å²) in [6, 6.07) is 9.78. The summed E-state index contributed by atoms with van der Waals surface area (Å²) in [5.41, 5.74) is 3.54. The zero-order chi connectivity index (χ0) is 20.5. The lowest BCUT2D eigenvalue weighted by Crippen LogP contribution is -2.30. The van der Waals surface area contributed by atoms with E-state index < -0.39 is 11.4 Å². The number of rotatable bonds is 7. The summed E-state index contributed by atoms with van der Waals surface area (Å²) in [5, 5.41) is 9.42. The minimum absolute atomic E-state index is 0.0162. The molecule has 1 N–H and O–H groups in total. The van der Waals surface area contributed by atoms with Crippen LogP contribution in [0.5, 0.6) is 11.5 Å². The number of Topliss-reactive ketones (excluding diaryl/α,β-unsaturated/α-hetero) is 1. The van der Waals surface area contributed by atoms with Gasteiger partial charge in [-0.15, -0.1) is 0 Å². The first-order valence-electron chi connectivity index (χ1n) is 9.51. The first-order chi connectivity index (χ1) is 13.3. The fourth-order valence-electron chi connectivity index (χ4n) is 3.41. The SMILES string of the molecule is CCc1ccc(-c2ccc3c(c2)CCC3=O)c(OCC(C)(C)C(=O)O)c1OC. The number of methoxy groups -OCH3 is 1. The van der Waals surface area contributed by atoms with Crippen LogP contribution in [0, 0.1) is 5.41 Å². The van der Waals surface area contributed by atoms with Crippen LogP contribution in [0.1, 0.15) is 48.7 Å². The van der Waals surface area contributed by atoms with E-state index in [4.69, 9.17) is 9.47 Å². The van der Waals surface area contributed by atoms with E-state index in [1.54, 1.807) is 21.0 Å². The molecule has 5 nitrogen and oxygen atoms in total. The van der Waals surface area contributed by atoms with Gasteiger partial charge in [0.25, 0.3) is 0 Å². The molecule has 28 heavy (non-hydrogen) atoms. The van der Waals surface area contributed by atoms with E-state index in [1.165, 1.54) is 0 Å². The van der Waals surface area contributed by atoms with Gasteiger partial charge in [0, 0.05) is 17.5 Å². The molecule has 0 aliphatic heterocycles. The van der Waals surface area contributed by atoms with Crippen LogP contribution in [0.25, 0.3) is 11.1 Å². The molecule has 0 unspecified atom stereocenters. The third kappa shape index (κ3) is 3.61. The standard InChI is InChI=1S/C23H26O5/c1-5-14-6-10-18(16-7-9-17-15(12-16)8-11-19(17)24)21(20(14)27-4)28-13-23(2,3)22(25)26/h6-7,9-10,12H,5,8,11,13H2,1-4H3,(H,25,26). The van der Waals surface area contributed by atoms with Crippen LogP contribution in [-0.2, 0) is 17.6 Å². The number of ketones is 1. The highest BCUT2D eigenvalue weighted by Gasteiger charge is 2.30. The van der Waals surface area contributed by atoms with Gasteiger partial charge in [0.1, 0.15) is 6.61 Å². The highest BCUT2D eigenvalue weighted by atomic mass is 16.5. The lowest BCUT2D eigenvalue weighted by Gasteiger charge is -2.23. The maximum atomic E-state index is 11.9. The molecule has 3 rings (SSSR count). The van der Waals surface area contributed by atoms with Crippen LogP contribution >= 0.6 is 0 Å². The Morgan fingerprint density at radius 2 is 1.82 bits per heavy atom. The van der Waals surface area contributed by atoms with Crippen LogP contribution in [0.15, 0.2) is 30.3 Å². The van der Waals surface area contributed by atoms with Gasteiger partial charge in [0.2, 0.25) is 0 Å². The molecule has 0 fully saturated rings. The monoisotopic (exact) mass is 382 g/mol. The van der Waals surface area contributed by atoms with Crippen molar-refractivity contribution in [3.05, 3.63) is 47.0 Å². The number of hydrogen-bond acceptors (Lipinski definition) is 4. The second kappa shape index (κ2) is 7.66. The summed E-state index contributed by atoms with van der Waals surface area (Å²) in [6.07, 6.45) is 2.06. The molecule has 0 heterocycles. The molecule has 2 aromatic carbocycles. The van der Waals surface area contributed by atoms with Crippen molar-refractivity contribution in [2.75, 3.05) is 13.7 Å². The molecule has 1 aliphatic rings. The van der Waals surface area contributed by atoms with Crippen LogP contribution < -0.4 is 9.47 Å². The van der Waals surface area contributed by atoms with Crippen molar-refractivity contribution in [1.82, 2.24) is 0 Å². The first-order valence-corrected chi connectivity index (χ1v) is 9.51. The molecule has 0 atom stereocenters. The number of ether oxygens (including phenoxy) is 2. The highest BCUT2D eigenvalue weighted by molar-refractivity contribution is 6.01. The van der Waals surface area contributed by atoms with Gasteiger partial charge in [-0.25, -0.2) is 0 Å². The van der Waals surface area contributed by atoms with Gasteiger partial charge in [-0.2, -0.15) is 0 Å². The van der Waals surface area contributed by atoms with Crippen LogP contribution in [0.3, 0.4) is 0 Å². The Morgan fingerprint density at radius 1 is 1.11 bits per heavy atom. The van der Waals surface area contributed by atoms with Crippen LogP contribution in [0.2, 0.25) is 0 Å². The Balaban J connectivity index is 2.08. The normalized spacial score (nSPS) is 13.4. The number of carboxylic acids is 1. The molecule has 1 aliphatic carbocycles. The van der Waals surface area contributed by atoms with Gasteiger partial charge < -0.3 is 14.6 Å². The largest absolute Gasteiger partial charge is 0.493 e. The van der Waals surface area contributed by atoms with Gasteiger partial charge in [-0.05, 0) is 43.4 Å². The van der Waals surface area contributed by atoms with Gasteiger partial charge in [-0.1, -0.05) is 37.3 Å². The topological polar surface area (TPSA) is 72.8 Å². The second-order valence-corrected chi connectivity index (χ2v) is 7.76. The quantitative estimate of drug-likeness (QED) is 0.761. The second-order valence-electron chi connectivity index (χ2n) is 7.76. The molecular weight excluding hydrogens is 356 g/mol. The maximum absolute atomic E-state index is 11.9. The van der Waals surface area contributed by atoms with Crippen LogP contribution in [-0.4, -0.2) is 30.6 Å². The Hall–Kier alpha value is -2.82. The average molecular weight is 382 g/mol. The summed E-state index contributed by atoms with van der Waals surface area (Å²) in [5.74, 6) is 0.425. The summed E-state index contributed by atoms with van der Waals surface area (Å²) in [6.45, 7) is 5.31. The first kappa shape index (κ1) is 19.9. The number of fused-ring (bicyclic) bond motifs is 1. The Morgan fingerprint density at radius 3 is 2.46 bits per heavy atom. The summed E-state index contributed by atoms with van der Waals surface area (Å²) < 4.78 is 11.7. The van der Waals surface area contributed by atoms with Crippen molar-refractivity contribution in [3.63, 3.8) is 0 Å². The minimum Gasteiger partial charge on any atom is -0.493 e. The van der Waals surface area contributed by atoms with Gasteiger partial charge in [0.05, 0.1) is 12.5 Å². The van der Waals surface area contributed by atoms with E-state index in [1.807, 2.05) is 37.3 Å². The summed E-state index contributed by atoms with van der Waals surface area (Å²) in [7, 11) is 1.59. The van der Waals surface area contributed by atoms with Crippen molar-refractivity contribution >= 4 is 11.8 Å². The van der Waals surface area contributed by atoms with E-state index in [9.17, 15) is 14.7 Å². The lowest BCUT2D eigenvalue weighted by molar-refractivity contribution is -0.148. The number of aliphatic carboxylic acids is 1. The van der Waals surface area contributed by atoms with Crippen molar-refractivity contribution in [2.45, 2.75) is 40.0 Å². The molecule has 0 spiro atoms. The predicted molar refractivity (Wildman–Crippen MR) is 107 cm³/mol. The smallest absolute Gasteiger partial charge is 0.312 e. The third-order valence-corrected chi connectivity index (χ3v) is 5.27. The maximum Gasteiger partial charge on any atom is 0.312 e. The Bertz CT molecular complexity index is 927. The molecule has 0 bridgehead atoms. The van der Waals surface area contributed by atoms with Crippen molar-refractivity contribution in [1.29, 1.82) is 0 Å². The fraction of sp³-hybridized carbons (Fsp3) is 0.391. The van der Waals surface area contributed by atoms with E-state index in [0.29, 0.717) is 17.9 Å². The molecule has 0 aromatic heterocycles. The van der Waals surface area contributed by atoms with E-state index in [2.05, 4.69) is 0 Å². The zero-order valence-corrected chi connectivity index (χ0v) is 16.8. The Kier molecular flexibility index (Phi) is 5.45. The van der Waals surface area contributed by atoms with Gasteiger partial charge in [-0.3, -0.25) is 9.59 Å². The number of hydrogen-bond donors (Lipinski definition) is 1. The van der Waals surface area contributed by atoms with Crippen LogP contribution in [0.4, 0.5) is 0 Å². The Labute approximate surface area is 165 Å². The molecule has 0 saturated heterocycles. The molecule has 0 radical (unpaired) electrons. The zero-order valence-electron chi connectivity index (χ0n) is 16.8. The highest BCUT2D eigenvalue weighted by Crippen LogP contribution is 2.42. The number of carbonyl (C=O) groups is 2. The molecule has 0 saturated carbocycles. The summed E-state index contributed by atoms with van der Waals surface area (Å²) >= 11 is 0. The van der Waals surface area contributed by atoms with E-state index in [-0.39, 0.29) is 12.4 Å². The van der Waals surface area contributed by atoms with Crippen molar-refractivity contribution in [3.8, 4) is 22.6 Å². The van der Waals surface area contributed by atoms with Gasteiger partial charge >= 0.3 is 5.97 Å². The van der Waals surface area contributed by atoms with Gasteiger partial charge in [0.15, 0.2) is 17.3 Å². The van der Waals surface area contributed by atoms with E-state index in [0.717, 1.165) is 40.7 Å². The predicted octanol–water partition coefficient (Wildman–Crippen LogP) is 4.54. The molecule has 2 aromatic rings. The average Bonchev–Trinajstić information content (AvgIpc) is 3.05. The molecule has 5 heteroatoms. The number of benzene rings is 2. The number of carboxylic acid groups (broad SMARTS) is 1. The van der Waals surface area contributed by atoms with E-state index >= 15 is 0 Å².